The summed E-state index contributed by atoms with van der Waals surface area (Å²) in [7, 11) is 0. The summed E-state index contributed by atoms with van der Waals surface area (Å²) in [6.07, 6.45) is 1.52. The van der Waals surface area contributed by atoms with Crippen LogP contribution in [0.5, 0.6) is 11.5 Å². The fraction of sp³-hybridized carbons (Fsp3) is 0. The van der Waals surface area contributed by atoms with E-state index in [0.717, 1.165) is 0 Å². The lowest BCUT2D eigenvalue weighted by molar-refractivity contribution is -0.384. The smallest absolute Gasteiger partial charge is 0.271 e. The van der Waals surface area contributed by atoms with E-state index in [-0.39, 0.29) is 21.6 Å². The minimum Gasteiger partial charge on any atom is -0.453 e. The monoisotopic (exact) mass is 284 g/mol. The van der Waals surface area contributed by atoms with Gasteiger partial charge in [-0.1, -0.05) is 23.2 Å². The van der Waals surface area contributed by atoms with Crippen LogP contribution in [0.15, 0.2) is 36.5 Å². The molecule has 0 N–H and O–H groups in total. The quantitative estimate of drug-likeness (QED) is 0.484. The summed E-state index contributed by atoms with van der Waals surface area (Å²) in [6.45, 7) is 0. The maximum Gasteiger partial charge on any atom is 0.271 e. The minimum absolute atomic E-state index is 0.107. The molecule has 0 saturated heterocycles. The second kappa shape index (κ2) is 5.20. The number of ether oxygens (including phenoxy) is 1. The van der Waals surface area contributed by atoms with Crippen LogP contribution in [-0.2, 0) is 0 Å². The third-order valence-electron chi connectivity index (χ3n) is 2.07. The van der Waals surface area contributed by atoms with Crippen molar-refractivity contribution in [1.29, 1.82) is 0 Å². The molecule has 0 aliphatic heterocycles. The van der Waals surface area contributed by atoms with Crippen molar-refractivity contribution in [2.24, 2.45) is 0 Å². The Hall–Kier alpha value is -1.85. The van der Waals surface area contributed by atoms with Gasteiger partial charge in [0, 0.05) is 18.3 Å². The van der Waals surface area contributed by atoms with Crippen molar-refractivity contribution in [3.63, 3.8) is 0 Å². The van der Waals surface area contributed by atoms with Crippen molar-refractivity contribution >= 4 is 28.9 Å². The molecule has 1 aromatic carbocycles. The van der Waals surface area contributed by atoms with Gasteiger partial charge in [-0.25, -0.2) is 4.98 Å². The predicted octanol–water partition coefficient (Wildman–Crippen LogP) is 4.09. The Labute approximate surface area is 112 Å². The Morgan fingerprint density at radius 1 is 1.22 bits per heavy atom. The summed E-state index contributed by atoms with van der Waals surface area (Å²) < 4.78 is 5.43. The van der Waals surface area contributed by atoms with Gasteiger partial charge in [-0.2, -0.15) is 0 Å². The van der Waals surface area contributed by atoms with Gasteiger partial charge in [-0.15, -0.1) is 0 Å². The summed E-state index contributed by atoms with van der Waals surface area (Å²) in [5, 5.41) is 10.9. The fourth-order valence-electron chi connectivity index (χ4n) is 1.25. The van der Waals surface area contributed by atoms with Crippen LogP contribution in [-0.4, -0.2) is 9.91 Å². The average molecular weight is 285 g/mol. The molecule has 0 aliphatic carbocycles. The van der Waals surface area contributed by atoms with Gasteiger partial charge in [0.05, 0.1) is 9.95 Å². The molecule has 18 heavy (non-hydrogen) atoms. The number of halogens is 2. The van der Waals surface area contributed by atoms with E-state index < -0.39 is 4.92 Å². The van der Waals surface area contributed by atoms with E-state index in [1.54, 1.807) is 12.1 Å². The lowest BCUT2D eigenvalue weighted by Gasteiger charge is -2.07. The van der Waals surface area contributed by atoms with Crippen LogP contribution >= 0.6 is 23.2 Å². The van der Waals surface area contributed by atoms with E-state index in [4.69, 9.17) is 27.9 Å². The number of pyridine rings is 1. The predicted molar refractivity (Wildman–Crippen MR) is 67.4 cm³/mol. The molecule has 0 atom stereocenters. The van der Waals surface area contributed by atoms with Gasteiger partial charge in [-0.05, 0) is 18.2 Å². The molecular formula is C11H6Cl2N2O3. The molecule has 2 rings (SSSR count). The van der Waals surface area contributed by atoms with Gasteiger partial charge < -0.3 is 4.74 Å². The molecule has 0 fully saturated rings. The molecule has 0 bridgehead atoms. The number of benzene rings is 1. The van der Waals surface area contributed by atoms with E-state index in [2.05, 4.69) is 4.98 Å². The van der Waals surface area contributed by atoms with Crippen LogP contribution in [0.4, 0.5) is 5.69 Å². The topological polar surface area (TPSA) is 65.3 Å². The first-order valence-electron chi connectivity index (χ1n) is 4.80. The molecular weight excluding hydrogens is 279 g/mol. The fourth-order valence-corrected chi connectivity index (χ4v) is 1.62. The first-order valence-corrected chi connectivity index (χ1v) is 5.56. The molecule has 7 heteroatoms. The van der Waals surface area contributed by atoms with Gasteiger partial charge >= 0.3 is 0 Å². The molecule has 0 radical (unpaired) electrons. The minimum atomic E-state index is -0.535. The summed E-state index contributed by atoms with van der Waals surface area (Å²) in [4.78, 5) is 13.9. The van der Waals surface area contributed by atoms with E-state index in [0.29, 0.717) is 5.75 Å². The third-order valence-corrected chi connectivity index (χ3v) is 2.65. The molecule has 0 saturated carbocycles. The first kappa shape index (κ1) is 12.6. The number of non-ortho nitro benzene ring substituents is 1. The van der Waals surface area contributed by atoms with E-state index >= 15 is 0 Å². The van der Waals surface area contributed by atoms with Crippen molar-refractivity contribution < 1.29 is 9.66 Å². The Morgan fingerprint density at radius 2 is 2.00 bits per heavy atom. The molecule has 5 nitrogen and oxygen atoms in total. The molecule has 0 unspecified atom stereocenters. The van der Waals surface area contributed by atoms with Crippen LogP contribution in [0.2, 0.25) is 10.2 Å². The van der Waals surface area contributed by atoms with Gasteiger partial charge in [-0.3, -0.25) is 10.1 Å². The van der Waals surface area contributed by atoms with Crippen LogP contribution < -0.4 is 4.74 Å². The highest BCUT2D eigenvalue weighted by Gasteiger charge is 2.12. The number of aromatic nitrogens is 1. The third kappa shape index (κ3) is 2.69. The molecule has 0 spiro atoms. The maximum atomic E-state index is 10.6. The van der Waals surface area contributed by atoms with Gasteiger partial charge in [0.1, 0.15) is 5.75 Å². The van der Waals surface area contributed by atoms with E-state index in [9.17, 15) is 10.1 Å². The Balaban J connectivity index is 2.30. The SMILES string of the molecule is O=[N+]([O-])c1ccc(Oc2cccnc2Cl)c(Cl)c1. The van der Waals surface area contributed by atoms with Crippen LogP contribution in [0.25, 0.3) is 0 Å². The van der Waals surface area contributed by atoms with Crippen molar-refractivity contribution in [3.05, 3.63) is 56.8 Å². The van der Waals surface area contributed by atoms with Crippen LogP contribution in [0, 0.1) is 10.1 Å². The van der Waals surface area contributed by atoms with E-state index in [1.165, 1.54) is 24.4 Å². The zero-order valence-electron chi connectivity index (χ0n) is 8.84. The number of hydrogen-bond donors (Lipinski definition) is 0. The molecule has 0 amide bonds. The number of rotatable bonds is 3. The Morgan fingerprint density at radius 3 is 2.61 bits per heavy atom. The Bertz CT molecular complexity index is 605. The number of nitro benzene ring substituents is 1. The average Bonchev–Trinajstić information content (AvgIpc) is 2.34. The van der Waals surface area contributed by atoms with Crippen molar-refractivity contribution in [3.8, 4) is 11.5 Å². The van der Waals surface area contributed by atoms with Gasteiger partial charge in [0.25, 0.3) is 5.69 Å². The van der Waals surface area contributed by atoms with Gasteiger partial charge in [0.2, 0.25) is 0 Å². The lowest BCUT2D eigenvalue weighted by Crippen LogP contribution is -1.91. The van der Waals surface area contributed by atoms with Crippen LogP contribution in [0.3, 0.4) is 0 Å². The number of hydrogen-bond acceptors (Lipinski definition) is 4. The molecule has 92 valence electrons. The zero-order chi connectivity index (χ0) is 13.1. The summed E-state index contributed by atoms with van der Waals surface area (Å²) in [5.74, 6) is 0.604. The highest BCUT2D eigenvalue weighted by atomic mass is 35.5. The van der Waals surface area contributed by atoms with Crippen molar-refractivity contribution in [2.75, 3.05) is 0 Å². The Kier molecular flexibility index (Phi) is 3.64. The van der Waals surface area contributed by atoms with Crippen LogP contribution in [0.1, 0.15) is 0 Å². The lowest BCUT2D eigenvalue weighted by atomic mass is 10.3. The molecule has 0 aliphatic rings. The summed E-state index contributed by atoms with van der Waals surface area (Å²) in [6, 6.07) is 7.18. The summed E-state index contributed by atoms with van der Waals surface area (Å²) in [5.41, 5.74) is -0.107. The van der Waals surface area contributed by atoms with Crippen molar-refractivity contribution in [1.82, 2.24) is 4.98 Å². The van der Waals surface area contributed by atoms with E-state index in [1.807, 2.05) is 0 Å². The van der Waals surface area contributed by atoms with Gasteiger partial charge in [0.15, 0.2) is 10.9 Å². The second-order valence-electron chi connectivity index (χ2n) is 3.27. The molecule has 2 aromatic rings. The highest BCUT2D eigenvalue weighted by Crippen LogP contribution is 2.34. The normalized spacial score (nSPS) is 10.1. The standard InChI is InChI=1S/C11H6Cl2N2O3/c12-8-6-7(15(16)17)3-4-9(8)18-10-2-1-5-14-11(10)13/h1-6H. The zero-order valence-corrected chi connectivity index (χ0v) is 10.4. The molecule has 1 aromatic heterocycles. The summed E-state index contributed by atoms with van der Waals surface area (Å²) >= 11 is 11.7. The first-order chi connectivity index (χ1) is 8.58. The highest BCUT2D eigenvalue weighted by molar-refractivity contribution is 6.32. The molecule has 1 heterocycles. The van der Waals surface area contributed by atoms with Crippen molar-refractivity contribution in [2.45, 2.75) is 0 Å². The number of nitrogens with zero attached hydrogens (tertiary/aromatic N) is 2. The number of nitro groups is 1. The maximum absolute atomic E-state index is 10.6. The largest absolute Gasteiger partial charge is 0.453 e. The second-order valence-corrected chi connectivity index (χ2v) is 4.03.